The van der Waals surface area contributed by atoms with Crippen LogP contribution in [0.25, 0.3) is 0 Å². The Morgan fingerprint density at radius 1 is 1.12 bits per heavy atom. The summed E-state index contributed by atoms with van der Waals surface area (Å²) in [5, 5.41) is 0.252. The first-order valence-corrected chi connectivity index (χ1v) is 5.18. The summed E-state index contributed by atoms with van der Waals surface area (Å²) >= 11 is 5.71. The van der Waals surface area contributed by atoms with Crippen LogP contribution in [0.2, 0.25) is 5.15 Å². The zero-order chi connectivity index (χ0) is 12.4. The van der Waals surface area contributed by atoms with Crippen molar-refractivity contribution in [2.45, 2.75) is 6.92 Å². The van der Waals surface area contributed by atoms with Crippen molar-refractivity contribution in [1.29, 1.82) is 0 Å². The Labute approximate surface area is 102 Å². The molecule has 0 saturated carbocycles. The van der Waals surface area contributed by atoms with Gasteiger partial charge in [-0.05, 0) is 6.92 Å². The molecule has 0 radical (unpaired) electrons. The summed E-state index contributed by atoms with van der Waals surface area (Å²) in [6, 6.07) is 4.45. The number of rotatable bonds is 2. The maximum Gasteiger partial charge on any atom is 0.134 e. The maximum absolute atomic E-state index is 13.0. The van der Waals surface area contributed by atoms with Crippen molar-refractivity contribution in [2.24, 2.45) is 0 Å². The van der Waals surface area contributed by atoms with E-state index in [0.29, 0.717) is 5.75 Å². The third-order valence-corrected chi connectivity index (χ3v) is 2.29. The van der Waals surface area contributed by atoms with Crippen LogP contribution in [0.5, 0.6) is 11.5 Å². The SMILES string of the molecule is Cc1cnc(Cl)cc1Oc1cc(F)cc(F)c1. The third kappa shape index (κ3) is 2.91. The average Bonchev–Trinajstić information content (AvgIpc) is 2.22. The maximum atomic E-state index is 13.0. The van der Waals surface area contributed by atoms with Gasteiger partial charge in [-0.25, -0.2) is 13.8 Å². The van der Waals surface area contributed by atoms with Gasteiger partial charge in [-0.2, -0.15) is 0 Å². The van der Waals surface area contributed by atoms with Crippen molar-refractivity contribution in [3.8, 4) is 11.5 Å². The molecular formula is C12H8ClF2NO. The second kappa shape index (κ2) is 4.67. The highest BCUT2D eigenvalue weighted by atomic mass is 35.5. The summed E-state index contributed by atoms with van der Waals surface area (Å²) in [6.07, 6.45) is 1.52. The van der Waals surface area contributed by atoms with Gasteiger partial charge in [0.25, 0.3) is 0 Å². The van der Waals surface area contributed by atoms with E-state index >= 15 is 0 Å². The summed E-state index contributed by atoms with van der Waals surface area (Å²) in [5.74, 6) is -0.904. The molecule has 0 bridgehead atoms. The largest absolute Gasteiger partial charge is 0.457 e. The monoisotopic (exact) mass is 255 g/mol. The van der Waals surface area contributed by atoms with E-state index < -0.39 is 11.6 Å². The minimum atomic E-state index is -0.696. The van der Waals surface area contributed by atoms with E-state index in [2.05, 4.69) is 4.98 Å². The Bertz CT molecular complexity index is 540. The van der Waals surface area contributed by atoms with Crippen LogP contribution in [0.4, 0.5) is 8.78 Å². The van der Waals surface area contributed by atoms with Crippen LogP contribution >= 0.6 is 11.6 Å². The van der Waals surface area contributed by atoms with Crippen LogP contribution in [0.3, 0.4) is 0 Å². The molecule has 0 amide bonds. The lowest BCUT2D eigenvalue weighted by atomic mass is 10.3. The Morgan fingerprint density at radius 2 is 1.76 bits per heavy atom. The summed E-state index contributed by atoms with van der Waals surface area (Å²) in [4.78, 5) is 3.85. The molecule has 0 aliphatic heterocycles. The van der Waals surface area contributed by atoms with Gasteiger partial charge in [0.2, 0.25) is 0 Å². The molecule has 2 rings (SSSR count). The Balaban J connectivity index is 2.34. The Hall–Kier alpha value is -1.68. The van der Waals surface area contributed by atoms with Gasteiger partial charge >= 0.3 is 0 Å². The van der Waals surface area contributed by atoms with Crippen LogP contribution in [-0.2, 0) is 0 Å². The normalized spacial score (nSPS) is 10.4. The molecule has 0 atom stereocenters. The number of halogens is 3. The predicted molar refractivity (Wildman–Crippen MR) is 60.4 cm³/mol. The molecule has 0 fully saturated rings. The van der Waals surface area contributed by atoms with Crippen molar-refractivity contribution in [3.63, 3.8) is 0 Å². The molecule has 0 unspecified atom stereocenters. The van der Waals surface area contributed by atoms with Crippen LogP contribution in [0.1, 0.15) is 5.56 Å². The van der Waals surface area contributed by atoms with Gasteiger partial charge in [0.1, 0.15) is 28.3 Å². The molecule has 0 saturated heterocycles. The van der Waals surface area contributed by atoms with E-state index in [1.165, 1.54) is 12.3 Å². The number of nitrogens with zero attached hydrogens (tertiary/aromatic N) is 1. The van der Waals surface area contributed by atoms with Gasteiger partial charge in [0, 0.05) is 36.0 Å². The van der Waals surface area contributed by atoms with Gasteiger partial charge < -0.3 is 4.74 Å². The fourth-order valence-electron chi connectivity index (χ4n) is 1.31. The number of ether oxygens (including phenoxy) is 1. The molecule has 0 spiro atoms. The molecule has 0 N–H and O–H groups in total. The highest BCUT2D eigenvalue weighted by Crippen LogP contribution is 2.27. The molecule has 1 aromatic heterocycles. The molecule has 1 heterocycles. The zero-order valence-electron chi connectivity index (χ0n) is 8.88. The lowest BCUT2D eigenvalue weighted by Gasteiger charge is -2.08. The first kappa shape index (κ1) is 11.8. The molecule has 1 aromatic carbocycles. The van der Waals surface area contributed by atoms with E-state index in [-0.39, 0.29) is 10.9 Å². The van der Waals surface area contributed by atoms with Gasteiger partial charge in [-0.3, -0.25) is 0 Å². The topological polar surface area (TPSA) is 22.1 Å². The molecule has 2 nitrogen and oxygen atoms in total. The molecule has 0 aliphatic carbocycles. The first-order chi connectivity index (χ1) is 8.04. The summed E-state index contributed by atoms with van der Waals surface area (Å²) in [5.41, 5.74) is 0.721. The van der Waals surface area contributed by atoms with Crippen molar-refractivity contribution < 1.29 is 13.5 Å². The quantitative estimate of drug-likeness (QED) is 0.754. The van der Waals surface area contributed by atoms with Gasteiger partial charge in [0.15, 0.2) is 0 Å². The van der Waals surface area contributed by atoms with Crippen LogP contribution in [0, 0.1) is 18.6 Å². The van der Waals surface area contributed by atoms with Gasteiger partial charge in [-0.15, -0.1) is 0 Å². The second-order valence-electron chi connectivity index (χ2n) is 3.48. The van der Waals surface area contributed by atoms with Crippen LogP contribution < -0.4 is 4.74 Å². The number of pyridine rings is 1. The third-order valence-electron chi connectivity index (χ3n) is 2.08. The average molecular weight is 256 g/mol. The number of benzene rings is 1. The number of aromatic nitrogens is 1. The van der Waals surface area contributed by atoms with Gasteiger partial charge in [-0.1, -0.05) is 11.6 Å². The predicted octanol–water partition coefficient (Wildman–Crippen LogP) is 4.11. The van der Waals surface area contributed by atoms with Crippen LogP contribution in [-0.4, -0.2) is 4.98 Å². The van der Waals surface area contributed by atoms with E-state index in [4.69, 9.17) is 16.3 Å². The van der Waals surface area contributed by atoms with Crippen molar-refractivity contribution >= 4 is 11.6 Å². The fraction of sp³-hybridized carbons (Fsp3) is 0.0833. The Morgan fingerprint density at radius 3 is 2.41 bits per heavy atom. The lowest BCUT2D eigenvalue weighted by molar-refractivity contribution is 0.464. The molecule has 17 heavy (non-hydrogen) atoms. The summed E-state index contributed by atoms with van der Waals surface area (Å²) in [7, 11) is 0. The number of hydrogen-bond donors (Lipinski definition) is 0. The van der Waals surface area contributed by atoms with Gasteiger partial charge in [0.05, 0.1) is 0 Å². The molecule has 5 heteroatoms. The first-order valence-electron chi connectivity index (χ1n) is 4.81. The molecule has 88 valence electrons. The van der Waals surface area contributed by atoms with Crippen molar-refractivity contribution in [2.75, 3.05) is 0 Å². The van der Waals surface area contributed by atoms with E-state index in [1.54, 1.807) is 6.92 Å². The van der Waals surface area contributed by atoms with E-state index in [0.717, 1.165) is 23.8 Å². The van der Waals surface area contributed by atoms with E-state index in [1.807, 2.05) is 0 Å². The smallest absolute Gasteiger partial charge is 0.134 e. The highest BCUT2D eigenvalue weighted by molar-refractivity contribution is 6.29. The minimum absolute atomic E-state index is 0.0767. The van der Waals surface area contributed by atoms with Crippen LogP contribution in [0.15, 0.2) is 30.5 Å². The fourth-order valence-corrected chi connectivity index (χ4v) is 1.45. The standard InChI is InChI=1S/C12H8ClF2NO/c1-7-6-16-12(13)5-11(7)17-10-3-8(14)2-9(15)4-10/h2-6H,1H3. The van der Waals surface area contributed by atoms with Crippen molar-refractivity contribution in [3.05, 3.63) is 52.8 Å². The Kier molecular flexibility index (Phi) is 3.24. The second-order valence-corrected chi connectivity index (χ2v) is 3.87. The molecule has 2 aromatic rings. The van der Waals surface area contributed by atoms with E-state index in [9.17, 15) is 8.78 Å². The summed E-state index contributed by atoms with van der Waals surface area (Å²) in [6.45, 7) is 1.76. The van der Waals surface area contributed by atoms with Crippen molar-refractivity contribution in [1.82, 2.24) is 4.98 Å². The lowest BCUT2D eigenvalue weighted by Crippen LogP contribution is -1.91. The summed E-state index contributed by atoms with van der Waals surface area (Å²) < 4.78 is 31.3. The molecular weight excluding hydrogens is 248 g/mol. The number of hydrogen-bond acceptors (Lipinski definition) is 2. The zero-order valence-corrected chi connectivity index (χ0v) is 9.63. The number of aryl methyl sites for hydroxylation is 1. The minimum Gasteiger partial charge on any atom is -0.457 e. The highest BCUT2D eigenvalue weighted by Gasteiger charge is 2.06. The molecule has 0 aliphatic rings.